The number of oxazole rings is 1. The van der Waals surface area contributed by atoms with Crippen LogP contribution in [0.3, 0.4) is 0 Å². The summed E-state index contributed by atoms with van der Waals surface area (Å²) < 4.78 is 4.69. The minimum absolute atomic E-state index is 0.0150. The Balaban J connectivity index is 2.77. The largest absolute Gasteiger partial charge is 0.431 e. The lowest BCUT2D eigenvalue weighted by Gasteiger charge is -1.90. The molecule has 1 rings (SSSR count). The molecule has 3 N–H and O–H groups in total. The Labute approximate surface area is 67.8 Å². The number of rotatable bonds is 2. The third-order valence-corrected chi connectivity index (χ3v) is 1.04. The molecule has 0 aliphatic rings. The Hall–Kier alpha value is -1.85. The van der Waals surface area contributed by atoms with E-state index in [-0.39, 0.29) is 17.6 Å². The SMILES string of the molecule is CC(=O)Nc1nc(C(N)=O)co1. The van der Waals surface area contributed by atoms with E-state index in [4.69, 9.17) is 10.2 Å². The van der Waals surface area contributed by atoms with Gasteiger partial charge in [0, 0.05) is 6.92 Å². The molecule has 6 heteroatoms. The standard InChI is InChI=1S/C6H7N3O3/c1-3(10)8-6-9-4(2-12-6)5(7)11/h2H,1H3,(H2,7,11)(H,8,9,10). The number of hydrogen-bond acceptors (Lipinski definition) is 4. The lowest BCUT2D eigenvalue weighted by Crippen LogP contribution is -2.12. The number of amides is 2. The van der Waals surface area contributed by atoms with Gasteiger partial charge in [0.2, 0.25) is 5.91 Å². The van der Waals surface area contributed by atoms with Crippen molar-refractivity contribution in [1.29, 1.82) is 0 Å². The van der Waals surface area contributed by atoms with Crippen LogP contribution in [0.2, 0.25) is 0 Å². The quantitative estimate of drug-likeness (QED) is 0.636. The summed E-state index contributed by atoms with van der Waals surface area (Å²) in [5, 5.41) is 2.26. The second-order valence-electron chi connectivity index (χ2n) is 2.08. The van der Waals surface area contributed by atoms with Crippen LogP contribution in [0.4, 0.5) is 6.01 Å². The number of carbonyl (C=O) groups excluding carboxylic acids is 2. The molecular formula is C6H7N3O3. The fourth-order valence-electron chi connectivity index (χ4n) is 0.595. The van der Waals surface area contributed by atoms with Crippen LogP contribution in [0.15, 0.2) is 10.7 Å². The molecule has 1 aromatic heterocycles. The van der Waals surface area contributed by atoms with E-state index < -0.39 is 5.91 Å². The van der Waals surface area contributed by atoms with Gasteiger partial charge in [-0.2, -0.15) is 4.98 Å². The molecule has 0 saturated carbocycles. The van der Waals surface area contributed by atoms with Crippen LogP contribution in [0.1, 0.15) is 17.4 Å². The van der Waals surface area contributed by atoms with E-state index in [0.29, 0.717) is 0 Å². The topological polar surface area (TPSA) is 98.2 Å². The Morgan fingerprint density at radius 3 is 2.75 bits per heavy atom. The third-order valence-electron chi connectivity index (χ3n) is 1.04. The number of nitrogens with two attached hydrogens (primary N) is 1. The van der Waals surface area contributed by atoms with Crippen molar-refractivity contribution in [3.05, 3.63) is 12.0 Å². The van der Waals surface area contributed by atoms with Gasteiger partial charge in [-0.1, -0.05) is 0 Å². The maximum Gasteiger partial charge on any atom is 0.302 e. The molecule has 0 aliphatic carbocycles. The minimum Gasteiger partial charge on any atom is -0.431 e. The van der Waals surface area contributed by atoms with Gasteiger partial charge in [0.25, 0.3) is 5.91 Å². The van der Waals surface area contributed by atoms with Gasteiger partial charge in [-0.25, -0.2) is 0 Å². The van der Waals surface area contributed by atoms with Crippen LogP contribution in [0.5, 0.6) is 0 Å². The zero-order valence-electron chi connectivity index (χ0n) is 6.33. The molecule has 0 aliphatic heterocycles. The first-order valence-electron chi connectivity index (χ1n) is 3.12. The molecule has 1 aromatic rings. The van der Waals surface area contributed by atoms with E-state index >= 15 is 0 Å². The van der Waals surface area contributed by atoms with Gasteiger partial charge in [0.05, 0.1) is 0 Å². The Kier molecular flexibility index (Phi) is 2.09. The Morgan fingerprint density at radius 2 is 2.33 bits per heavy atom. The molecule has 1 heterocycles. The first-order chi connectivity index (χ1) is 5.59. The average Bonchev–Trinajstić information content (AvgIpc) is 2.34. The normalized spacial score (nSPS) is 9.42. The summed E-state index contributed by atoms with van der Waals surface area (Å²) in [6.45, 7) is 1.30. The molecule has 0 spiro atoms. The summed E-state index contributed by atoms with van der Waals surface area (Å²) in [4.78, 5) is 24.5. The first-order valence-corrected chi connectivity index (χ1v) is 3.12. The van der Waals surface area contributed by atoms with Crippen molar-refractivity contribution in [2.24, 2.45) is 5.73 Å². The van der Waals surface area contributed by atoms with Gasteiger partial charge in [-0.05, 0) is 0 Å². The van der Waals surface area contributed by atoms with E-state index in [1.54, 1.807) is 0 Å². The zero-order chi connectivity index (χ0) is 9.14. The minimum atomic E-state index is -0.699. The summed E-state index contributed by atoms with van der Waals surface area (Å²) in [5.74, 6) is -1.02. The zero-order valence-corrected chi connectivity index (χ0v) is 6.33. The van der Waals surface area contributed by atoms with Crippen molar-refractivity contribution in [3.8, 4) is 0 Å². The predicted octanol–water partition coefficient (Wildman–Crippen LogP) is -0.268. The highest BCUT2D eigenvalue weighted by atomic mass is 16.4. The molecule has 0 unspecified atom stereocenters. The number of aromatic nitrogens is 1. The molecule has 64 valence electrons. The summed E-state index contributed by atoms with van der Waals surface area (Å²) in [7, 11) is 0. The summed E-state index contributed by atoms with van der Waals surface area (Å²) in [5.41, 5.74) is 4.87. The lowest BCUT2D eigenvalue weighted by atomic mass is 10.5. The van der Waals surface area contributed by atoms with E-state index in [9.17, 15) is 9.59 Å². The van der Waals surface area contributed by atoms with Gasteiger partial charge >= 0.3 is 6.01 Å². The second-order valence-corrected chi connectivity index (χ2v) is 2.08. The highest BCUT2D eigenvalue weighted by Crippen LogP contribution is 2.05. The fourth-order valence-corrected chi connectivity index (χ4v) is 0.595. The van der Waals surface area contributed by atoms with Gasteiger partial charge in [0.1, 0.15) is 6.26 Å². The summed E-state index contributed by atoms with van der Waals surface area (Å²) >= 11 is 0. The molecule has 2 amide bonds. The third kappa shape index (κ3) is 1.82. The fraction of sp³-hybridized carbons (Fsp3) is 0.167. The van der Waals surface area contributed by atoms with Gasteiger partial charge in [0.15, 0.2) is 5.69 Å². The molecule has 12 heavy (non-hydrogen) atoms. The average molecular weight is 169 g/mol. The van der Waals surface area contributed by atoms with Gasteiger partial charge in [-0.15, -0.1) is 0 Å². The summed E-state index contributed by atoms with van der Waals surface area (Å²) in [6, 6.07) is -0.0312. The van der Waals surface area contributed by atoms with Crippen molar-refractivity contribution < 1.29 is 14.0 Å². The molecular weight excluding hydrogens is 162 g/mol. The highest BCUT2D eigenvalue weighted by Gasteiger charge is 2.08. The van der Waals surface area contributed by atoms with Crippen molar-refractivity contribution in [2.75, 3.05) is 5.32 Å². The molecule has 0 radical (unpaired) electrons. The lowest BCUT2D eigenvalue weighted by molar-refractivity contribution is -0.114. The van der Waals surface area contributed by atoms with Crippen molar-refractivity contribution in [2.45, 2.75) is 6.92 Å². The van der Waals surface area contributed by atoms with Gasteiger partial charge in [-0.3, -0.25) is 14.9 Å². The van der Waals surface area contributed by atoms with Crippen LogP contribution in [-0.2, 0) is 4.79 Å². The van der Waals surface area contributed by atoms with Crippen molar-refractivity contribution in [1.82, 2.24) is 4.98 Å². The van der Waals surface area contributed by atoms with E-state index in [1.807, 2.05) is 0 Å². The molecule has 6 nitrogen and oxygen atoms in total. The van der Waals surface area contributed by atoms with E-state index in [1.165, 1.54) is 6.92 Å². The predicted molar refractivity (Wildman–Crippen MR) is 39.3 cm³/mol. The number of nitrogens with zero attached hydrogens (tertiary/aromatic N) is 1. The van der Waals surface area contributed by atoms with Crippen molar-refractivity contribution >= 4 is 17.8 Å². The van der Waals surface area contributed by atoms with Crippen LogP contribution >= 0.6 is 0 Å². The Bertz CT molecular complexity index is 318. The van der Waals surface area contributed by atoms with Crippen LogP contribution < -0.4 is 11.1 Å². The molecule has 0 bridgehead atoms. The number of anilines is 1. The monoisotopic (exact) mass is 169 g/mol. The van der Waals surface area contributed by atoms with Crippen LogP contribution in [0, 0.1) is 0 Å². The number of carbonyl (C=O) groups is 2. The number of nitrogens with one attached hydrogen (secondary N) is 1. The summed E-state index contributed by atoms with van der Waals surface area (Å²) in [6.07, 6.45) is 1.08. The van der Waals surface area contributed by atoms with Gasteiger partial charge < -0.3 is 10.2 Å². The smallest absolute Gasteiger partial charge is 0.302 e. The van der Waals surface area contributed by atoms with Crippen LogP contribution in [-0.4, -0.2) is 16.8 Å². The highest BCUT2D eigenvalue weighted by molar-refractivity contribution is 5.91. The van der Waals surface area contributed by atoms with Crippen LogP contribution in [0.25, 0.3) is 0 Å². The van der Waals surface area contributed by atoms with E-state index in [2.05, 4.69) is 10.3 Å². The second kappa shape index (κ2) is 3.04. The molecule has 0 aromatic carbocycles. The molecule has 0 atom stereocenters. The number of hydrogen-bond donors (Lipinski definition) is 2. The number of primary amides is 1. The van der Waals surface area contributed by atoms with E-state index in [0.717, 1.165) is 6.26 Å². The first kappa shape index (κ1) is 8.25. The maximum atomic E-state index is 10.5. The molecule has 0 saturated heterocycles. The van der Waals surface area contributed by atoms with Crippen molar-refractivity contribution in [3.63, 3.8) is 0 Å². The molecule has 0 fully saturated rings. The maximum absolute atomic E-state index is 10.5. The Morgan fingerprint density at radius 1 is 1.67 bits per heavy atom.